The van der Waals surface area contributed by atoms with Gasteiger partial charge in [0.1, 0.15) is 18.2 Å². The van der Waals surface area contributed by atoms with Crippen LogP contribution >= 0.6 is 0 Å². The van der Waals surface area contributed by atoms with Gasteiger partial charge in [0.25, 0.3) is 0 Å². The van der Waals surface area contributed by atoms with Gasteiger partial charge in [-0.25, -0.2) is 4.39 Å². The van der Waals surface area contributed by atoms with Crippen LogP contribution in [0.4, 0.5) is 4.39 Å². The van der Waals surface area contributed by atoms with Crippen molar-refractivity contribution in [1.82, 2.24) is 0 Å². The molecule has 1 atom stereocenters. The van der Waals surface area contributed by atoms with Crippen molar-refractivity contribution in [2.24, 2.45) is 0 Å². The molecule has 1 aromatic carbocycles. The highest BCUT2D eigenvalue weighted by Crippen LogP contribution is 2.26. The monoisotopic (exact) mass is 224 g/mol. The van der Waals surface area contributed by atoms with Gasteiger partial charge in [-0.2, -0.15) is 0 Å². The molecule has 0 radical (unpaired) electrons. The van der Waals surface area contributed by atoms with Crippen LogP contribution in [0.2, 0.25) is 0 Å². The Hall–Kier alpha value is -1.35. The number of ether oxygens (including phenoxy) is 1. The summed E-state index contributed by atoms with van der Waals surface area (Å²) in [5.41, 5.74) is 1.52. The molecule has 0 saturated heterocycles. The van der Waals surface area contributed by atoms with Crippen LogP contribution in [0.25, 0.3) is 0 Å². The Morgan fingerprint density at radius 1 is 1.56 bits per heavy atom. The van der Waals surface area contributed by atoms with Crippen LogP contribution in [0, 0.1) is 5.82 Å². The maximum atomic E-state index is 13.0. The fraction of sp³-hybridized carbons (Fsp3) is 0.385. The Balaban J connectivity index is 2.84. The van der Waals surface area contributed by atoms with Crippen LogP contribution < -0.4 is 4.74 Å². The fourth-order valence-electron chi connectivity index (χ4n) is 1.26. The number of aliphatic hydroxyl groups excluding tert-OH is 1. The van der Waals surface area contributed by atoms with E-state index in [2.05, 4.69) is 6.58 Å². The lowest BCUT2D eigenvalue weighted by Crippen LogP contribution is -2.04. The smallest absolute Gasteiger partial charge is 0.128 e. The maximum Gasteiger partial charge on any atom is 0.128 e. The van der Waals surface area contributed by atoms with Gasteiger partial charge in [0.05, 0.1) is 6.10 Å². The van der Waals surface area contributed by atoms with E-state index in [1.165, 1.54) is 18.2 Å². The van der Waals surface area contributed by atoms with Crippen molar-refractivity contribution in [2.45, 2.75) is 26.4 Å². The minimum atomic E-state index is -0.675. The number of hydrogen-bond acceptors (Lipinski definition) is 2. The number of rotatable bonds is 5. The van der Waals surface area contributed by atoms with Crippen molar-refractivity contribution >= 4 is 0 Å². The molecule has 0 amide bonds. The second-order valence-electron chi connectivity index (χ2n) is 3.75. The second-order valence-corrected chi connectivity index (χ2v) is 3.75. The van der Waals surface area contributed by atoms with Crippen molar-refractivity contribution < 1.29 is 14.2 Å². The van der Waals surface area contributed by atoms with E-state index >= 15 is 0 Å². The van der Waals surface area contributed by atoms with Gasteiger partial charge < -0.3 is 9.84 Å². The zero-order chi connectivity index (χ0) is 12.1. The summed E-state index contributed by atoms with van der Waals surface area (Å²) in [4.78, 5) is 0. The van der Waals surface area contributed by atoms with Crippen molar-refractivity contribution in [1.29, 1.82) is 0 Å². The third-order valence-electron chi connectivity index (χ3n) is 2.36. The average molecular weight is 224 g/mol. The summed E-state index contributed by atoms with van der Waals surface area (Å²) in [7, 11) is 0. The van der Waals surface area contributed by atoms with Gasteiger partial charge in [0.15, 0.2) is 0 Å². The summed E-state index contributed by atoms with van der Waals surface area (Å²) in [5, 5.41) is 9.49. The minimum Gasteiger partial charge on any atom is -0.489 e. The van der Waals surface area contributed by atoms with Crippen LogP contribution in [-0.4, -0.2) is 11.7 Å². The molecule has 1 N–H and O–H groups in total. The highest BCUT2D eigenvalue weighted by Gasteiger charge is 2.10. The average Bonchev–Trinajstić information content (AvgIpc) is 2.25. The molecule has 0 aliphatic carbocycles. The largest absolute Gasteiger partial charge is 0.489 e. The third kappa shape index (κ3) is 3.35. The Labute approximate surface area is 95.4 Å². The highest BCUT2D eigenvalue weighted by molar-refractivity contribution is 5.35. The van der Waals surface area contributed by atoms with Crippen molar-refractivity contribution in [3.8, 4) is 5.75 Å². The topological polar surface area (TPSA) is 29.5 Å². The van der Waals surface area contributed by atoms with Crippen molar-refractivity contribution in [3.63, 3.8) is 0 Å². The van der Waals surface area contributed by atoms with Crippen LogP contribution in [0.15, 0.2) is 30.4 Å². The van der Waals surface area contributed by atoms with E-state index in [0.29, 0.717) is 17.9 Å². The number of halogens is 1. The zero-order valence-electron chi connectivity index (χ0n) is 9.66. The predicted octanol–water partition coefficient (Wildman–Crippen LogP) is 3.22. The molecule has 0 aliphatic heterocycles. The van der Waals surface area contributed by atoms with Gasteiger partial charge in [-0.15, -0.1) is 0 Å². The van der Waals surface area contributed by atoms with Gasteiger partial charge in [-0.05, 0) is 31.1 Å². The van der Waals surface area contributed by atoms with Gasteiger partial charge in [-0.3, -0.25) is 0 Å². The molecule has 0 aromatic heterocycles. The molecule has 88 valence electrons. The van der Waals surface area contributed by atoms with E-state index in [1.807, 2.05) is 6.92 Å². The van der Waals surface area contributed by atoms with Gasteiger partial charge in [-0.1, -0.05) is 13.5 Å². The summed E-state index contributed by atoms with van der Waals surface area (Å²) < 4.78 is 18.5. The molecule has 16 heavy (non-hydrogen) atoms. The highest BCUT2D eigenvalue weighted by atomic mass is 19.1. The molecular weight excluding hydrogens is 207 g/mol. The van der Waals surface area contributed by atoms with E-state index in [1.54, 1.807) is 6.92 Å². The molecule has 1 aromatic rings. The molecule has 0 fully saturated rings. The summed E-state index contributed by atoms with van der Waals surface area (Å²) in [5.74, 6) is 0.00566. The number of aliphatic hydroxyl groups is 1. The second kappa shape index (κ2) is 5.66. The summed E-state index contributed by atoms with van der Waals surface area (Å²) in [6, 6.07) is 4.12. The Kier molecular flexibility index (Phi) is 4.50. The van der Waals surface area contributed by atoms with Crippen molar-refractivity contribution in [3.05, 3.63) is 41.7 Å². The molecular formula is C13H17FO2. The number of benzene rings is 1. The fourth-order valence-corrected chi connectivity index (χ4v) is 1.26. The minimum absolute atomic E-state index is 0.347. The summed E-state index contributed by atoms with van der Waals surface area (Å²) in [6.07, 6.45) is 0.143. The molecule has 0 saturated carbocycles. The first-order valence-corrected chi connectivity index (χ1v) is 5.31. The van der Waals surface area contributed by atoms with E-state index in [4.69, 9.17) is 4.74 Å². The summed E-state index contributed by atoms with van der Waals surface area (Å²) >= 11 is 0. The van der Waals surface area contributed by atoms with Crippen molar-refractivity contribution in [2.75, 3.05) is 6.61 Å². The van der Waals surface area contributed by atoms with Crippen LogP contribution in [0.5, 0.6) is 5.75 Å². The zero-order valence-corrected chi connectivity index (χ0v) is 9.66. The third-order valence-corrected chi connectivity index (χ3v) is 2.36. The first-order chi connectivity index (χ1) is 7.54. The molecule has 0 heterocycles. The summed E-state index contributed by atoms with van der Waals surface area (Å²) in [6.45, 7) is 7.75. The lowest BCUT2D eigenvalue weighted by Gasteiger charge is -2.14. The molecule has 0 aliphatic rings. The first-order valence-electron chi connectivity index (χ1n) is 5.31. The molecule has 1 rings (SSSR count). The Bertz CT molecular complexity index is 372. The normalized spacial score (nSPS) is 12.2. The number of hydrogen-bond donors (Lipinski definition) is 1. The quantitative estimate of drug-likeness (QED) is 0.778. The van der Waals surface area contributed by atoms with E-state index < -0.39 is 6.10 Å². The maximum absolute atomic E-state index is 13.0. The molecule has 2 nitrogen and oxygen atoms in total. The molecule has 3 heteroatoms. The SMILES string of the molecule is C=C(CC)COc1cc(F)ccc1C(C)O. The predicted molar refractivity (Wildman–Crippen MR) is 62.0 cm³/mol. The lowest BCUT2D eigenvalue weighted by molar-refractivity contribution is 0.192. The van der Waals surface area contributed by atoms with Gasteiger partial charge in [0.2, 0.25) is 0 Å². The first kappa shape index (κ1) is 12.7. The van der Waals surface area contributed by atoms with Crippen LogP contribution in [0.1, 0.15) is 31.9 Å². The molecule has 0 spiro atoms. The van der Waals surface area contributed by atoms with E-state index in [0.717, 1.165) is 12.0 Å². The standard InChI is InChI=1S/C13H17FO2/c1-4-9(2)8-16-13-7-11(14)5-6-12(13)10(3)15/h5-7,10,15H,2,4,8H2,1,3H3. The van der Waals surface area contributed by atoms with E-state index in [9.17, 15) is 9.50 Å². The van der Waals surface area contributed by atoms with Crippen LogP contribution in [0.3, 0.4) is 0 Å². The van der Waals surface area contributed by atoms with Crippen LogP contribution in [-0.2, 0) is 0 Å². The van der Waals surface area contributed by atoms with E-state index in [-0.39, 0.29) is 5.82 Å². The Morgan fingerprint density at radius 2 is 2.25 bits per heavy atom. The molecule has 1 unspecified atom stereocenters. The van der Waals surface area contributed by atoms with Gasteiger partial charge >= 0.3 is 0 Å². The lowest BCUT2D eigenvalue weighted by atomic mass is 10.1. The van der Waals surface area contributed by atoms with Gasteiger partial charge in [0, 0.05) is 11.6 Å². The Morgan fingerprint density at radius 3 is 2.81 bits per heavy atom. The molecule has 0 bridgehead atoms.